The molecule has 0 spiro atoms. The van der Waals surface area contributed by atoms with E-state index in [0.29, 0.717) is 13.2 Å². The summed E-state index contributed by atoms with van der Waals surface area (Å²) in [5, 5.41) is 0. The van der Waals surface area contributed by atoms with Gasteiger partial charge in [-0.1, -0.05) is 43.7 Å². The van der Waals surface area contributed by atoms with Crippen LogP contribution >= 0.6 is 0 Å². The van der Waals surface area contributed by atoms with Crippen molar-refractivity contribution in [2.24, 2.45) is 5.41 Å². The summed E-state index contributed by atoms with van der Waals surface area (Å²) in [4.78, 5) is 4.10. The first-order valence-corrected chi connectivity index (χ1v) is 7.80. The Kier molecular flexibility index (Phi) is 4.06. The van der Waals surface area contributed by atoms with E-state index in [1.54, 1.807) is 6.20 Å². The van der Waals surface area contributed by atoms with E-state index in [-0.39, 0.29) is 5.41 Å². The zero-order valence-corrected chi connectivity index (χ0v) is 13.6. The minimum Gasteiger partial charge on any atom is -0.345 e. The fourth-order valence-electron chi connectivity index (χ4n) is 2.67. The highest BCUT2D eigenvalue weighted by Crippen LogP contribution is 2.39. The molecule has 118 valence electrons. The number of hydrogen-bond acceptors (Lipinski definition) is 3. The number of aromatic nitrogens is 2. The smallest absolute Gasteiger partial charge is 0.196 e. The monoisotopic (exact) mass is 300 g/mol. The highest BCUT2D eigenvalue weighted by atomic mass is 16.7. The second kappa shape index (κ2) is 5.86. The number of aryl methyl sites for hydroxylation is 2. The van der Waals surface area contributed by atoms with Gasteiger partial charge >= 0.3 is 0 Å². The number of imidazole rings is 1. The summed E-state index contributed by atoms with van der Waals surface area (Å²) >= 11 is 0. The number of hydrogen-bond donors (Lipinski definition) is 0. The molecule has 1 aromatic carbocycles. The van der Waals surface area contributed by atoms with Gasteiger partial charge in [0.25, 0.3) is 0 Å². The summed E-state index contributed by atoms with van der Waals surface area (Å²) in [6.45, 7) is 8.64. The summed E-state index contributed by atoms with van der Waals surface area (Å²) in [5.74, 6) is -0.659. The molecule has 2 aromatic rings. The lowest BCUT2D eigenvalue weighted by molar-refractivity contribution is -0.312. The third-order valence-electron chi connectivity index (χ3n) is 4.14. The molecule has 0 unspecified atom stereocenters. The highest BCUT2D eigenvalue weighted by Gasteiger charge is 2.41. The minimum atomic E-state index is -0.659. The number of ether oxygens (including phenoxy) is 2. The van der Waals surface area contributed by atoms with Crippen LogP contribution in [-0.2, 0) is 21.8 Å². The van der Waals surface area contributed by atoms with Crippen LogP contribution in [0.15, 0.2) is 43.0 Å². The molecule has 0 N–H and O–H groups in total. The maximum Gasteiger partial charge on any atom is 0.196 e. The Morgan fingerprint density at radius 1 is 1.14 bits per heavy atom. The van der Waals surface area contributed by atoms with Gasteiger partial charge in [0.05, 0.1) is 19.5 Å². The molecule has 1 aliphatic heterocycles. The molecule has 1 saturated heterocycles. The first-order chi connectivity index (χ1) is 10.5. The van der Waals surface area contributed by atoms with Crippen molar-refractivity contribution < 1.29 is 9.47 Å². The van der Waals surface area contributed by atoms with E-state index < -0.39 is 5.79 Å². The van der Waals surface area contributed by atoms with E-state index in [9.17, 15) is 0 Å². The number of benzene rings is 1. The van der Waals surface area contributed by atoms with Crippen LogP contribution in [0.2, 0.25) is 0 Å². The maximum absolute atomic E-state index is 6.25. The molecule has 0 bridgehead atoms. The zero-order chi connectivity index (χ0) is 15.6. The molecule has 22 heavy (non-hydrogen) atoms. The van der Waals surface area contributed by atoms with Gasteiger partial charge in [-0.15, -0.1) is 0 Å². The Balaban J connectivity index is 1.83. The molecule has 0 amide bonds. The van der Waals surface area contributed by atoms with Crippen molar-refractivity contribution in [1.82, 2.24) is 9.55 Å². The predicted molar refractivity (Wildman–Crippen MR) is 85.4 cm³/mol. The average molecular weight is 300 g/mol. The van der Waals surface area contributed by atoms with Crippen LogP contribution in [0.4, 0.5) is 0 Å². The SMILES string of the molecule is Cc1ccc(C2(CCn3ccnc3)OCC(C)(C)CO2)cc1. The molecule has 0 atom stereocenters. The highest BCUT2D eigenvalue weighted by molar-refractivity contribution is 5.25. The van der Waals surface area contributed by atoms with Crippen molar-refractivity contribution in [2.45, 2.75) is 39.5 Å². The van der Waals surface area contributed by atoms with Gasteiger partial charge in [0.1, 0.15) is 0 Å². The Bertz CT molecular complexity index is 593. The van der Waals surface area contributed by atoms with Gasteiger partial charge in [-0.2, -0.15) is 0 Å². The average Bonchev–Trinajstić information content (AvgIpc) is 3.01. The summed E-state index contributed by atoms with van der Waals surface area (Å²) < 4.78 is 14.6. The maximum atomic E-state index is 6.25. The lowest BCUT2D eigenvalue weighted by Gasteiger charge is -2.44. The van der Waals surface area contributed by atoms with Crippen molar-refractivity contribution in [1.29, 1.82) is 0 Å². The van der Waals surface area contributed by atoms with Crippen molar-refractivity contribution in [3.63, 3.8) is 0 Å². The van der Waals surface area contributed by atoms with Gasteiger partial charge in [-0.05, 0) is 6.92 Å². The molecule has 4 nitrogen and oxygen atoms in total. The predicted octanol–water partition coefficient (Wildman–Crippen LogP) is 3.51. The molecule has 1 aromatic heterocycles. The van der Waals surface area contributed by atoms with Gasteiger partial charge in [0.15, 0.2) is 5.79 Å². The molecular formula is C18H24N2O2. The second-order valence-electron chi connectivity index (χ2n) is 6.91. The number of nitrogens with zero attached hydrogens (tertiary/aromatic N) is 2. The molecular weight excluding hydrogens is 276 g/mol. The third kappa shape index (κ3) is 3.23. The van der Waals surface area contributed by atoms with E-state index in [0.717, 1.165) is 18.5 Å². The van der Waals surface area contributed by atoms with Crippen LogP contribution in [0.25, 0.3) is 0 Å². The number of rotatable bonds is 4. The molecule has 0 aliphatic carbocycles. The van der Waals surface area contributed by atoms with Crippen LogP contribution in [0.3, 0.4) is 0 Å². The summed E-state index contributed by atoms with van der Waals surface area (Å²) in [7, 11) is 0. The Morgan fingerprint density at radius 3 is 2.41 bits per heavy atom. The topological polar surface area (TPSA) is 36.3 Å². The first kappa shape index (κ1) is 15.3. The van der Waals surface area contributed by atoms with E-state index in [2.05, 4.69) is 54.6 Å². The molecule has 1 fully saturated rings. The van der Waals surface area contributed by atoms with Crippen LogP contribution in [0, 0.1) is 12.3 Å². The molecule has 1 aliphatic rings. The van der Waals surface area contributed by atoms with Gasteiger partial charge < -0.3 is 14.0 Å². The van der Waals surface area contributed by atoms with Gasteiger partial charge in [-0.25, -0.2) is 4.98 Å². The van der Waals surface area contributed by atoms with E-state index in [4.69, 9.17) is 9.47 Å². The van der Waals surface area contributed by atoms with Crippen molar-refractivity contribution >= 4 is 0 Å². The van der Waals surface area contributed by atoms with E-state index >= 15 is 0 Å². The molecule has 0 radical (unpaired) electrons. The molecule has 3 rings (SSSR count). The Morgan fingerprint density at radius 2 is 1.82 bits per heavy atom. The fraction of sp³-hybridized carbons (Fsp3) is 0.500. The third-order valence-corrected chi connectivity index (χ3v) is 4.14. The van der Waals surface area contributed by atoms with Crippen molar-refractivity contribution in [3.05, 3.63) is 54.1 Å². The lowest BCUT2D eigenvalue weighted by atomic mass is 9.92. The van der Waals surface area contributed by atoms with Crippen LogP contribution in [0.1, 0.15) is 31.4 Å². The van der Waals surface area contributed by atoms with Gasteiger partial charge in [-0.3, -0.25) is 0 Å². The Hall–Kier alpha value is -1.65. The van der Waals surface area contributed by atoms with E-state index in [1.165, 1.54) is 5.56 Å². The second-order valence-corrected chi connectivity index (χ2v) is 6.91. The largest absolute Gasteiger partial charge is 0.345 e. The summed E-state index contributed by atoms with van der Waals surface area (Å²) in [6, 6.07) is 8.45. The van der Waals surface area contributed by atoms with Crippen LogP contribution < -0.4 is 0 Å². The van der Waals surface area contributed by atoms with E-state index in [1.807, 2.05) is 12.5 Å². The standard InChI is InChI=1S/C18H24N2O2/c1-15-4-6-16(7-5-15)18(8-10-20-11-9-19-14-20)21-12-17(2,3)13-22-18/h4-7,9,11,14H,8,10,12-13H2,1-3H3. The summed E-state index contributed by atoms with van der Waals surface area (Å²) in [5.41, 5.74) is 2.39. The molecule has 0 saturated carbocycles. The van der Waals surface area contributed by atoms with Crippen molar-refractivity contribution in [2.75, 3.05) is 13.2 Å². The minimum absolute atomic E-state index is 0.0587. The van der Waals surface area contributed by atoms with Gasteiger partial charge in [0, 0.05) is 36.3 Å². The van der Waals surface area contributed by atoms with Gasteiger partial charge in [0.2, 0.25) is 0 Å². The van der Waals surface area contributed by atoms with Crippen molar-refractivity contribution in [3.8, 4) is 0 Å². The van der Waals surface area contributed by atoms with Crippen LogP contribution in [0.5, 0.6) is 0 Å². The first-order valence-electron chi connectivity index (χ1n) is 7.80. The Labute approximate surface area is 132 Å². The molecule has 2 heterocycles. The molecule has 4 heteroatoms. The normalized spacial score (nSPS) is 20.0. The quantitative estimate of drug-likeness (QED) is 0.867. The fourth-order valence-corrected chi connectivity index (χ4v) is 2.67. The van der Waals surface area contributed by atoms with Crippen LogP contribution in [-0.4, -0.2) is 22.8 Å². The zero-order valence-electron chi connectivity index (χ0n) is 13.6. The summed E-state index contributed by atoms with van der Waals surface area (Å²) in [6.07, 6.45) is 6.36. The lowest BCUT2D eigenvalue weighted by Crippen LogP contribution is -2.46.